The van der Waals surface area contributed by atoms with Crippen molar-refractivity contribution < 1.29 is 9.18 Å². The first-order valence-corrected chi connectivity index (χ1v) is 9.55. The van der Waals surface area contributed by atoms with E-state index in [1.54, 1.807) is 40.9 Å². The van der Waals surface area contributed by atoms with Crippen LogP contribution < -0.4 is 16.0 Å². The average molecular weight is 404 g/mol. The molecular weight excluding hydrogens is 383 g/mol. The molecule has 2 heterocycles. The second kappa shape index (κ2) is 8.71. The van der Waals surface area contributed by atoms with Gasteiger partial charge in [0, 0.05) is 29.9 Å². The molecular formula is C22H21FN6O. The number of hydrogen-bond acceptors (Lipinski definition) is 5. The Morgan fingerprint density at radius 3 is 2.50 bits per heavy atom. The molecule has 0 aliphatic rings. The fourth-order valence-electron chi connectivity index (χ4n) is 3.03. The molecule has 4 aromatic rings. The van der Waals surface area contributed by atoms with Gasteiger partial charge < -0.3 is 16.0 Å². The van der Waals surface area contributed by atoms with Gasteiger partial charge in [-0.25, -0.2) is 8.91 Å². The van der Waals surface area contributed by atoms with Crippen LogP contribution in [0.15, 0.2) is 66.7 Å². The van der Waals surface area contributed by atoms with E-state index >= 15 is 0 Å². The molecule has 3 N–H and O–H groups in total. The largest absolute Gasteiger partial charge is 0.351 e. The third-order valence-corrected chi connectivity index (χ3v) is 4.56. The van der Waals surface area contributed by atoms with Crippen LogP contribution in [-0.4, -0.2) is 40.6 Å². The van der Waals surface area contributed by atoms with Crippen molar-refractivity contribution >= 4 is 23.2 Å². The van der Waals surface area contributed by atoms with Gasteiger partial charge in [0.25, 0.3) is 5.91 Å². The molecule has 0 radical (unpaired) electrons. The van der Waals surface area contributed by atoms with Crippen LogP contribution in [0.4, 0.5) is 16.0 Å². The Labute approximate surface area is 173 Å². The van der Waals surface area contributed by atoms with Gasteiger partial charge in [-0.05, 0) is 67.7 Å². The van der Waals surface area contributed by atoms with Crippen LogP contribution in [-0.2, 0) is 0 Å². The number of carbonyl (C=O) groups is 1. The van der Waals surface area contributed by atoms with Crippen molar-refractivity contribution in [2.45, 2.75) is 0 Å². The van der Waals surface area contributed by atoms with Crippen LogP contribution in [0.2, 0.25) is 0 Å². The van der Waals surface area contributed by atoms with E-state index in [0.717, 1.165) is 16.9 Å². The SMILES string of the molecule is CNCCNC(=O)c1ccc(Nc2nc3cccc(-c4ccc(F)cc4)n3n2)cc1. The minimum absolute atomic E-state index is 0.119. The topological polar surface area (TPSA) is 83.3 Å². The van der Waals surface area contributed by atoms with E-state index < -0.39 is 0 Å². The summed E-state index contributed by atoms with van der Waals surface area (Å²) < 4.78 is 15.0. The summed E-state index contributed by atoms with van der Waals surface area (Å²) in [5.74, 6) is 0.0217. The third kappa shape index (κ3) is 4.28. The molecule has 8 heteroatoms. The second-order valence-corrected chi connectivity index (χ2v) is 6.69. The molecule has 2 aromatic carbocycles. The predicted molar refractivity (Wildman–Crippen MR) is 114 cm³/mol. The zero-order valence-electron chi connectivity index (χ0n) is 16.4. The zero-order valence-corrected chi connectivity index (χ0v) is 16.4. The van der Waals surface area contributed by atoms with Crippen molar-refractivity contribution in [1.82, 2.24) is 25.2 Å². The second-order valence-electron chi connectivity index (χ2n) is 6.69. The Bertz CT molecular complexity index is 1150. The van der Waals surface area contributed by atoms with Crippen LogP contribution in [0.3, 0.4) is 0 Å². The maximum atomic E-state index is 13.2. The van der Waals surface area contributed by atoms with Crippen molar-refractivity contribution in [3.63, 3.8) is 0 Å². The first-order valence-electron chi connectivity index (χ1n) is 9.55. The number of nitrogens with one attached hydrogen (secondary N) is 3. The molecule has 30 heavy (non-hydrogen) atoms. The van der Waals surface area contributed by atoms with Crippen molar-refractivity contribution in [3.05, 3.63) is 78.1 Å². The Hall–Kier alpha value is -3.78. The number of nitrogens with zero attached hydrogens (tertiary/aromatic N) is 3. The Balaban J connectivity index is 1.52. The first kappa shape index (κ1) is 19.5. The highest BCUT2D eigenvalue weighted by Gasteiger charge is 2.10. The molecule has 0 unspecified atom stereocenters. The average Bonchev–Trinajstić information content (AvgIpc) is 3.17. The number of pyridine rings is 1. The van der Waals surface area contributed by atoms with Crippen LogP contribution in [0.5, 0.6) is 0 Å². The minimum atomic E-state index is -0.286. The van der Waals surface area contributed by atoms with E-state index in [-0.39, 0.29) is 11.7 Å². The number of amides is 1. The molecule has 0 atom stereocenters. The van der Waals surface area contributed by atoms with Gasteiger partial charge in [-0.2, -0.15) is 4.98 Å². The van der Waals surface area contributed by atoms with Gasteiger partial charge in [0.2, 0.25) is 5.95 Å². The molecule has 0 aliphatic carbocycles. The summed E-state index contributed by atoms with van der Waals surface area (Å²) >= 11 is 0. The van der Waals surface area contributed by atoms with Gasteiger partial charge in [0.1, 0.15) is 5.82 Å². The quantitative estimate of drug-likeness (QED) is 0.412. The zero-order chi connectivity index (χ0) is 20.9. The van der Waals surface area contributed by atoms with Crippen LogP contribution in [0, 0.1) is 5.82 Å². The lowest BCUT2D eigenvalue weighted by atomic mass is 10.1. The standard InChI is InChI=1S/C22H21FN6O/c1-24-13-14-25-21(30)16-7-11-18(12-8-16)26-22-27-20-4-2-3-19(29(20)28-22)15-5-9-17(23)10-6-15/h2-12,24H,13-14H2,1H3,(H,25,30)(H,26,28). The maximum Gasteiger partial charge on any atom is 0.251 e. The van der Waals surface area contributed by atoms with Crippen molar-refractivity contribution in [2.24, 2.45) is 0 Å². The number of aromatic nitrogens is 3. The van der Waals surface area contributed by atoms with Crippen LogP contribution >= 0.6 is 0 Å². The first-order chi connectivity index (χ1) is 14.6. The van der Waals surface area contributed by atoms with E-state index in [1.165, 1.54) is 12.1 Å². The highest BCUT2D eigenvalue weighted by Crippen LogP contribution is 2.22. The lowest BCUT2D eigenvalue weighted by molar-refractivity contribution is 0.0954. The van der Waals surface area contributed by atoms with Crippen LogP contribution in [0.1, 0.15) is 10.4 Å². The van der Waals surface area contributed by atoms with Crippen LogP contribution in [0.25, 0.3) is 16.9 Å². The fraction of sp³-hybridized carbons (Fsp3) is 0.136. The van der Waals surface area contributed by atoms with Gasteiger partial charge in [-0.1, -0.05) is 6.07 Å². The molecule has 0 fully saturated rings. The Morgan fingerprint density at radius 1 is 1.00 bits per heavy atom. The maximum absolute atomic E-state index is 13.2. The smallest absolute Gasteiger partial charge is 0.251 e. The number of carbonyl (C=O) groups excluding carboxylic acids is 1. The normalized spacial score (nSPS) is 10.9. The number of halogens is 1. The fourth-order valence-corrected chi connectivity index (χ4v) is 3.03. The molecule has 1 amide bonds. The molecule has 0 saturated carbocycles. The van der Waals surface area contributed by atoms with Gasteiger partial charge in [0.15, 0.2) is 5.65 Å². The number of likely N-dealkylation sites (N-methyl/N-ethyl adjacent to an activating group) is 1. The third-order valence-electron chi connectivity index (χ3n) is 4.56. The number of anilines is 2. The molecule has 7 nitrogen and oxygen atoms in total. The van der Waals surface area contributed by atoms with E-state index in [0.29, 0.717) is 30.2 Å². The minimum Gasteiger partial charge on any atom is -0.351 e. The Kier molecular flexibility index (Phi) is 5.67. The van der Waals surface area contributed by atoms with E-state index in [9.17, 15) is 9.18 Å². The number of benzene rings is 2. The van der Waals surface area contributed by atoms with Gasteiger partial charge in [-0.15, -0.1) is 5.10 Å². The number of rotatable bonds is 7. The van der Waals surface area contributed by atoms with Crippen molar-refractivity contribution in [2.75, 3.05) is 25.5 Å². The molecule has 152 valence electrons. The molecule has 0 bridgehead atoms. The van der Waals surface area contributed by atoms with Crippen molar-refractivity contribution in [3.8, 4) is 11.3 Å². The summed E-state index contributed by atoms with van der Waals surface area (Å²) in [7, 11) is 1.84. The molecule has 4 rings (SSSR count). The summed E-state index contributed by atoms with van der Waals surface area (Å²) in [4.78, 5) is 16.6. The summed E-state index contributed by atoms with van der Waals surface area (Å²) in [6.07, 6.45) is 0. The molecule has 0 spiro atoms. The number of hydrogen-bond donors (Lipinski definition) is 3. The van der Waals surface area contributed by atoms with E-state index in [2.05, 4.69) is 26.0 Å². The van der Waals surface area contributed by atoms with E-state index in [1.807, 2.05) is 25.2 Å². The molecule has 0 saturated heterocycles. The highest BCUT2D eigenvalue weighted by atomic mass is 19.1. The van der Waals surface area contributed by atoms with E-state index in [4.69, 9.17) is 0 Å². The van der Waals surface area contributed by atoms with Gasteiger partial charge >= 0.3 is 0 Å². The highest BCUT2D eigenvalue weighted by molar-refractivity contribution is 5.94. The van der Waals surface area contributed by atoms with Gasteiger partial charge in [0.05, 0.1) is 5.69 Å². The summed E-state index contributed by atoms with van der Waals surface area (Å²) in [6.45, 7) is 1.28. The molecule has 0 aliphatic heterocycles. The summed E-state index contributed by atoms with van der Waals surface area (Å²) in [5.41, 5.74) is 3.66. The summed E-state index contributed by atoms with van der Waals surface area (Å²) in [6, 6.07) is 19.0. The Morgan fingerprint density at radius 2 is 1.77 bits per heavy atom. The summed E-state index contributed by atoms with van der Waals surface area (Å²) in [5, 5.41) is 13.5. The lowest BCUT2D eigenvalue weighted by Crippen LogP contribution is -2.30. The number of fused-ring (bicyclic) bond motifs is 1. The van der Waals surface area contributed by atoms with Crippen molar-refractivity contribution in [1.29, 1.82) is 0 Å². The molecule has 2 aromatic heterocycles. The van der Waals surface area contributed by atoms with Gasteiger partial charge in [-0.3, -0.25) is 4.79 Å². The monoisotopic (exact) mass is 404 g/mol. The predicted octanol–water partition coefficient (Wildman–Crippen LogP) is 3.23. The lowest BCUT2D eigenvalue weighted by Gasteiger charge is -2.06.